The summed E-state index contributed by atoms with van der Waals surface area (Å²) in [6.07, 6.45) is 1.48. The Balaban J connectivity index is 1.61. The van der Waals surface area contributed by atoms with Crippen molar-refractivity contribution >= 4 is 29.4 Å². The van der Waals surface area contributed by atoms with Gasteiger partial charge in [-0.2, -0.15) is 0 Å². The summed E-state index contributed by atoms with van der Waals surface area (Å²) in [6, 6.07) is 15.3. The van der Waals surface area contributed by atoms with Crippen LogP contribution in [-0.2, 0) is 0 Å². The van der Waals surface area contributed by atoms with E-state index < -0.39 is 11.8 Å². The predicted molar refractivity (Wildman–Crippen MR) is 107 cm³/mol. The van der Waals surface area contributed by atoms with Crippen molar-refractivity contribution in [3.63, 3.8) is 0 Å². The zero-order chi connectivity index (χ0) is 20.5. The van der Waals surface area contributed by atoms with Gasteiger partial charge in [0.2, 0.25) is 5.78 Å². The monoisotopic (exact) mass is 408 g/mol. The number of ketones is 1. The molecule has 0 radical (unpaired) electrons. The zero-order valence-electron chi connectivity index (χ0n) is 15.2. The highest BCUT2D eigenvalue weighted by Gasteiger charge is 2.30. The summed E-state index contributed by atoms with van der Waals surface area (Å²) in [5.41, 5.74) is 1.73. The average Bonchev–Trinajstić information content (AvgIpc) is 3.01. The summed E-state index contributed by atoms with van der Waals surface area (Å²) < 4.78 is 24.6. The molecule has 1 aliphatic rings. The van der Waals surface area contributed by atoms with Crippen LogP contribution >= 0.6 is 11.6 Å². The van der Waals surface area contributed by atoms with Crippen molar-refractivity contribution in [3.05, 3.63) is 99.5 Å². The first-order valence-corrected chi connectivity index (χ1v) is 9.11. The summed E-state index contributed by atoms with van der Waals surface area (Å²) in [5.74, 6) is -0.597. The molecule has 3 aromatic rings. The standard InChI is InChI=1S/C23H14ClFO4/c1-13-19(29-23(27)15-5-7-16(24)8-6-15)10-9-18-21(26)20(28-22(13)18)12-14-3-2-4-17(25)11-14/h2-12H,1H3/b20-12-. The maximum atomic E-state index is 13.4. The van der Waals surface area contributed by atoms with Crippen molar-refractivity contribution in [1.29, 1.82) is 0 Å². The van der Waals surface area contributed by atoms with E-state index in [1.54, 1.807) is 55.5 Å². The van der Waals surface area contributed by atoms with E-state index in [2.05, 4.69) is 0 Å². The normalized spacial score (nSPS) is 13.9. The van der Waals surface area contributed by atoms with Gasteiger partial charge in [0.25, 0.3) is 0 Å². The van der Waals surface area contributed by atoms with E-state index in [0.717, 1.165) is 0 Å². The Kier molecular flexibility index (Phi) is 4.91. The molecular formula is C23H14ClFO4. The minimum atomic E-state index is -0.551. The smallest absolute Gasteiger partial charge is 0.343 e. The van der Waals surface area contributed by atoms with Gasteiger partial charge in [0, 0.05) is 10.6 Å². The minimum absolute atomic E-state index is 0.0786. The van der Waals surface area contributed by atoms with Crippen LogP contribution in [0.4, 0.5) is 4.39 Å². The first-order valence-electron chi connectivity index (χ1n) is 8.73. The third kappa shape index (κ3) is 3.77. The quantitative estimate of drug-likeness (QED) is 0.320. The highest BCUT2D eigenvalue weighted by atomic mass is 35.5. The van der Waals surface area contributed by atoms with Crippen molar-refractivity contribution in [2.24, 2.45) is 0 Å². The van der Waals surface area contributed by atoms with Gasteiger partial charge in [-0.15, -0.1) is 0 Å². The number of carbonyl (C=O) groups excluding carboxylic acids is 2. The summed E-state index contributed by atoms with van der Waals surface area (Å²) in [6.45, 7) is 1.70. The second-order valence-electron chi connectivity index (χ2n) is 6.46. The van der Waals surface area contributed by atoms with Crippen molar-refractivity contribution in [2.75, 3.05) is 0 Å². The van der Waals surface area contributed by atoms with Crippen LogP contribution in [0.5, 0.6) is 11.5 Å². The molecule has 1 heterocycles. The van der Waals surface area contributed by atoms with E-state index in [1.807, 2.05) is 0 Å². The van der Waals surface area contributed by atoms with E-state index in [4.69, 9.17) is 21.1 Å². The van der Waals surface area contributed by atoms with E-state index in [-0.39, 0.29) is 17.3 Å². The van der Waals surface area contributed by atoms with Gasteiger partial charge in [0.05, 0.1) is 11.1 Å². The number of benzene rings is 3. The van der Waals surface area contributed by atoms with Gasteiger partial charge < -0.3 is 9.47 Å². The molecule has 3 aromatic carbocycles. The number of Topliss-reactive ketones (excluding diaryl/α,β-unsaturated/α-hetero) is 1. The SMILES string of the molecule is Cc1c(OC(=O)c2ccc(Cl)cc2)ccc2c1O/C(=C\c1cccc(F)c1)C2=O. The van der Waals surface area contributed by atoms with Gasteiger partial charge in [-0.25, -0.2) is 9.18 Å². The fourth-order valence-electron chi connectivity index (χ4n) is 2.97. The fourth-order valence-corrected chi connectivity index (χ4v) is 3.10. The second-order valence-corrected chi connectivity index (χ2v) is 6.89. The third-order valence-electron chi connectivity index (χ3n) is 4.47. The number of hydrogen-bond donors (Lipinski definition) is 0. The highest BCUT2D eigenvalue weighted by Crippen LogP contribution is 2.39. The van der Waals surface area contributed by atoms with Crippen molar-refractivity contribution in [1.82, 2.24) is 0 Å². The minimum Gasteiger partial charge on any atom is -0.452 e. The summed E-state index contributed by atoms with van der Waals surface area (Å²) in [5, 5.41) is 0.514. The first kappa shape index (κ1) is 18.9. The Morgan fingerprint density at radius 1 is 1.10 bits per heavy atom. The van der Waals surface area contributed by atoms with Crippen LogP contribution in [0.3, 0.4) is 0 Å². The number of rotatable bonds is 3. The molecular weight excluding hydrogens is 395 g/mol. The fraction of sp³-hybridized carbons (Fsp3) is 0.0435. The Hall–Kier alpha value is -3.44. The van der Waals surface area contributed by atoms with E-state index in [0.29, 0.717) is 33.0 Å². The van der Waals surface area contributed by atoms with Crippen molar-refractivity contribution < 1.29 is 23.5 Å². The summed E-state index contributed by atoms with van der Waals surface area (Å²) in [7, 11) is 0. The summed E-state index contributed by atoms with van der Waals surface area (Å²) >= 11 is 5.83. The highest BCUT2D eigenvalue weighted by molar-refractivity contribution is 6.30. The molecule has 0 aromatic heterocycles. The zero-order valence-corrected chi connectivity index (χ0v) is 16.0. The number of carbonyl (C=O) groups is 2. The van der Waals surface area contributed by atoms with Crippen LogP contribution in [0.25, 0.3) is 6.08 Å². The van der Waals surface area contributed by atoms with E-state index >= 15 is 0 Å². The molecule has 0 unspecified atom stereocenters. The van der Waals surface area contributed by atoms with Gasteiger partial charge in [0.1, 0.15) is 17.3 Å². The van der Waals surface area contributed by atoms with Gasteiger partial charge in [-0.05, 0) is 67.1 Å². The topological polar surface area (TPSA) is 52.6 Å². The van der Waals surface area contributed by atoms with Crippen LogP contribution in [0.1, 0.15) is 31.8 Å². The molecule has 0 saturated carbocycles. The number of fused-ring (bicyclic) bond motifs is 1. The van der Waals surface area contributed by atoms with Gasteiger partial charge in [0.15, 0.2) is 5.76 Å². The molecule has 0 atom stereocenters. The predicted octanol–water partition coefficient (Wildman–Crippen LogP) is 5.62. The maximum absolute atomic E-state index is 13.4. The first-order chi connectivity index (χ1) is 13.9. The molecule has 4 nitrogen and oxygen atoms in total. The molecule has 0 fully saturated rings. The molecule has 0 aliphatic carbocycles. The Bertz CT molecular complexity index is 1170. The van der Waals surface area contributed by atoms with Crippen LogP contribution in [-0.4, -0.2) is 11.8 Å². The van der Waals surface area contributed by atoms with E-state index in [9.17, 15) is 14.0 Å². The van der Waals surface area contributed by atoms with Gasteiger partial charge in [-0.3, -0.25) is 4.79 Å². The molecule has 29 heavy (non-hydrogen) atoms. The van der Waals surface area contributed by atoms with Crippen LogP contribution in [0.2, 0.25) is 5.02 Å². The van der Waals surface area contributed by atoms with E-state index in [1.165, 1.54) is 18.2 Å². The van der Waals surface area contributed by atoms with Crippen molar-refractivity contribution in [3.8, 4) is 11.5 Å². The van der Waals surface area contributed by atoms with Gasteiger partial charge >= 0.3 is 5.97 Å². The lowest BCUT2D eigenvalue weighted by Crippen LogP contribution is -2.09. The Morgan fingerprint density at radius 2 is 1.86 bits per heavy atom. The lowest BCUT2D eigenvalue weighted by atomic mass is 10.1. The molecule has 1 aliphatic heterocycles. The maximum Gasteiger partial charge on any atom is 0.343 e. The lowest BCUT2D eigenvalue weighted by molar-refractivity contribution is 0.0733. The molecule has 0 bridgehead atoms. The molecule has 0 amide bonds. The Labute approximate surface area is 171 Å². The Morgan fingerprint density at radius 3 is 2.59 bits per heavy atom. The largest absolute Gasteiger partial charge is 0.452 e. The molecule has 0 saturated heterocycles. The molecule has 0 spiro atoms. The summed E-state index contributed by atoms with van der Waals surface area (Å²) in [4.78, 5) is 25.0. The molecule has 0 N–H and O–H groups in total. The number of esters is 1. The van der Waals surface area contributed by atoms with Crippen LogP contribution in [0.15, 0.2) is 66.4 Å². The molecule has 4 rings (SSSR count). The van der Waals surface area contributed by atoms with Gasteiger partial charge in [-0.1, -0.05) is 23.7 Å². The van der Waals surface area contributed by atoms with Crippen molar-refractivity contribution in [2.45, 2.75) is 6.92 Å². The lowest BCUT2D eigenvalue weighted by Gasteiger charge is -2.10. The molecule has 144 valence electrons. The van der Waals surface area contributed by atoms with Crippen LogP contribution < -0.4 is 9.47 Å². The molecule has 6 heteroatoms. The number of hydrogen-bond acceptors (Lipinski definition) is 4. The second kappa shape index (κ2) is 7.53. The number of halogens is 2. The number of ether oxygens (including phenoxy) is 2. The average molecular weight is 409 g/mol. The van der Waals surface area contributed by atoms with Crippen LogP contribution in [0, 0.1) is 12.7 Å². The number of allylic oxidation sites excluding steroid dienone is 1. The third-order valence-corrected chi connectivity index (χ3v) is 4.72.